The highest BCUT2D eigenvalue weighted by Crippen LogP contribution is 2.29. The molecule has 1 aromatic carbocycles. The van der Waals surface area contributed by atoms with Gasteiger partial charge in [0.25, 0.3) is 0 Å². The van der Waals surface area contributed by atoms with Crippen molar-refractivity contribution in [2.45, 2.75) is 52.0 Å². The van der Waals surface area contributed by atoms with Crippen molar-refractivity contribution in [2.75, 3.05) is 31.1 Å². The molecule has 0 radical (unpaired) electrons. The normalized spacial score (nSPS) is 25.5. The van der Waals surface area contributed by atoms with Gasteiger partial charge in [-0.25, -0.2) is 4.39 Å². The fourth-order valence-corrected chi connectivity index (χ4v) is 4.31. The van der Waals surface area contributed by atoms with Gasteiger partial charge in [0.2, 0.25) is 11.8 Å². The van der Waals surface area contributed by atoms with E-state index in [9.17, 15) is 14.0 Å². The zero-order valence-electron chi connectivity index (χ0n) is 17.0. The van der Waals surface area contributed by atoms with Crippen LogP contribution in [0.4, 0.5) is 10.1 Å². The lowest BCUT2D eigenvalue weighted by Gasteiger charge is -2.36. The maximum Gasteiger partial charge on any atom is 0.223 e. The SMILES string of the molecule is CC1CCCC(NC(=O)CCC(=O)N2CCN(c3ccc(F)cc3)CC2)C1C. The van der Waals surface area contributed by atoms with Gasteiger partial charge < -0.3 is 15.1 Å². The maximum absolute atomic E-state index is 13.1. The Morgan fingerprint density at radius 3 is 2.39 bits per heavy atom. The molecule has 1 heterocycles. The summed E-state index contributed by atoms with van der Waals surface area (Å²) in [5.74, 6) is 0.919. The minimum atomic E-state index is -0.243. The number of hydrogen-bond acceptors (Lipinski definition) is 3. The Morgan fingerprint density at radius 1 is 1.04 bits per heavy atom. The van der Waals surface area contributed by atoms with Crippen LogP contribution in [0.5, 0.6) is 0 Å². The maximum atomic E-state index is 13.1. The highest BCUT2D eigenvalue weighted by molar-refractivity contribution is 5.84. The van der Waals surface area contributed by atoms with E-state index < -0.39 is 0 Å². The van der Waals surface area contributed by atoms with Gasteiger partial charge in [-0.3, -0.25) is 9.59 Å². The summed E-state index contributed by atoms with van der Waals surface area (Å²) in [6.07, 6.45) is 3.95. The zero-order chi connectivity index (χ0) is 20.1. The molecule has 1 aliphatic heterocycles. The Balaban J connectivity index is 1.39. The van der Waals surface area contributed by atoms with Crippen molar-refractivity contribution in [1.29, 1.82) is 0 Å². The second-order valence-corrected chi connectivity index (χ2v) is 8.29. The number of piperazine rings is 1. The number of carbonyl (C=O) groups excluding carboxylic acids is 2. The summed E-state index contributed by atoms with van der Waals surface area (Å²) in [4.78, 5) is 28.8. The van der Waals surface area contributed by atoms with Crippen molar-refractivity contribution in [3.8, 4) is 0 Å². The fraction of sp³-hybridized carbons (Fsp3) is 0.636. The van der Waals surface area contributed by atoms with Gasteiger partial charge in [0.1, 0.15) is 5.82 Å². The topological polar surface area (TPSA) is 52.7 Å². The molecule has 1 aromatic rings. The molecule has 3 unspecified atom stereocenters. The smallest absolute Gasteiger partial charge is 0.223 e. The third-order valence-electron chi connectivity index (χ3n) is 6.44. The molecule has 3 atom stereocenters. The lowest BCUT2D eigenvalue weighted by Crippen LogP contribution is -2.49. The first-order valence-corrected chi connectivity index (χ1v) is 10.5. The lowest BCUT2D eigenvalue weighted by molar-refractivity contribution is -0.134. The molecule has 0 spiro atoms. The van der Waals surface area contributed by atoms with E-state index in [-0.39, 0.29) is 36.5 Å². The summed E-state index contributed by atoms with van der Waals surface area (Å²) in [6, 6.07) is 6.69. The first-order chi connectivity index (χ1) is 13.4. The number of rotatable bonds is 5. The Labute approximate surface area is 167 Å². The molecular weight excluding hydrogens is 357 g/mol. The van der Waals surface area contributed by atoms with Crippen LogP contribution in [0.1, 0.15) is 46.0 Å². The number of halogens is 1. The van der Waals surface area contributed by atoms with Crippen LogP contribution in [0.3, 0.4) is 0 Å². The van der Waals surface area contributed by atoms with Gasteiger partial charge in [0, 0.05) is 50.7 Å². The highest BCUT2D eigenvalue weighted by atomic mass is 19.1. The number of nitrogens with zero attached hydrogens (tertiary/aromatic N) is 2. The standard InChI is InChI=1S/C22H32FN3O2/c1-16-4-3-5-20(17(16)2)24-21(27)10-11-22(28)26-14-12-25(13-15-26)19-8-6-18(23)7-9-19/h6-9,16-17,20H,3-5,10-15H2,1-2H3,(H,24,27). The number of nitrogens with one attached hydrogen (secondary N) is 1. The van der Waals surface area contributed by atoms with Crippen LogP contribution < -0.4 is 10.2 Å². The van der Waals surface area contributed by atoms with Crippen molar-refractivity contribution in [2.24, 2.45) is 11.8 Å². The van der Waals surface area contributed by atoms with E-state index in [1.807, 2.05) is 4.90 Å². The molecule has 2 amide bonds. The third kappa shape index (κ3) is 5.24. The van der Waals surface area contributed by atoms with Gasteiger partial charge >= 0.3 is 0 Å². The van der Waals surface area contributed by atoms with Crippen LogP contribution in [0, 0.1) is 17.7 Å². The van der Waals surface area contributed by atoms with E-state index in [2.05, 4.69) is 24.1 Å². The van der Waals surface area contributed by atoms with Crippen LogP contribution in [0.15, 0.2) is 24.3 Å². The molecular formula is C22H32FN3O2. The summed E-state index contributed by atoms with van der Waals surface area (Å²) in [5, 5.41) is 3.14. The molecule has 0 aromatic heterocycles. The number of amides is 2. The monoisotopic (exact) mass is 389 g/mol. The predicted molar refractivity (Wildman–Crippen MR) is 109 cm³/mol. The molecule has 6 heteroatoms. The summed E-state index contributed by atoms with van der Waals surface area (Å²) < 4.78 is 13.1. The van der Waals surface area contributed by atoms with Crippen molar-refractivity contribution < 1.29 is 14.0 Å². The zero-order valence-corrected chi connectivity index (χ0v) is 17.0. The van der Waals surface area contributed by atoms with Crippen LogP contribution >= 0.6 is 0 Å². The van der Waals surface area contributed by atoms with Crippen molar-refractivity contribution >= 4 is 17.5 Å². The molecule has 5 nitrogen and oxygen atoms in total. The third-order valence-corrected chi connectivity index (χ3v) is 6.44. The summed E-state index contributed by atoms with van der Waals surface area (Å²) in [6.45, 7) is 7.17. The Morgan fingerprint density at radius 2 is 1.71 bits per heavy atom. The van der Waals surface area contributed by atoms with Gasteiger partial charge in [0.05, 0.1) is 0 Å². The summed E-state index contributed by atoms with van der Waals surface area (Å²) in [7, 11) is 0. The van der Waals surface area contributed by atoms with E-state index in [1.165, 1.54) is 18.6 Å². The molecule has 2 fully saturated rings. The first kappa shape index (κ1) is 20.6. The van der Waals surface area contributed by atoms with Crippen LogP contribution in [0.25, 0.3) is 0 Å². The van der Waals surface area contributed by atoms with Gasteiger partial charge in [-0.1, -0.05) is 26.7 Å². The lowest BCUT2D eigenvalue weighted by atomic mass is 9.78. The fourth-order valence-electron chi connectivity index (χ4n) is 4.31. The van der Waals surface area contributed by atoms with E-state index in [1.54, 1.807) is 12.1 Å². The van der Waals surface area contributed by atoms with Crippen molar-refractivity contribution in [1.82, 2.24) is 10.2 Å². The second kappa shape index (κ2) is 9.39. The van der Waals surface area contributed by atoms with E-state index in [0.29, 0.717) is 24.9 Å². The molecule has 28 heavy (non-hydrogen) atoms. The minimum absolute atomic E-state index is 0.00996. The molecule has 1 N–H and O–H groups in total. The highest BCUT2D eigenvalue weighted by Gasteiger charge is 2.28. The molecule has 3 rings (SSSR count). The van der Waals surface area contributed by atoms with Gasteiger partial charge in [-0.05, 0) is 42.5 Å². The molecule has 0 bridgehead atoms. The average molecular weight is 390 g/mol. The Bertz CT molecular complexity index is 671. The minimum Gasteiger partial charge on any atom is -0.368 e. The molecule has 2 aliphatic rings. The Hall–Kier alpha value is -2.11. The number of hydrogen-bond donors (Lipinski definition) is 1. The van der Waals surface area contributed by atoms with E-state index in [0.717, 1.165) is 31.6 Å². The number of benzene rings is 1. The van der Waals surface area contributed by atoms with Crippen LogP contribution in [0.2, 0.25) is 0 Å². The second-order valence-electron chi connectivity index (χ2n) is 8.29. The quantitative estimate of drug-likeness (QED) is 0.841. The average Bonchev–Trinajstić information content (AvgIpc) is 2.70. The van der Waals surface area contributed by atoms with Crippen LogP contribution in [-0.2, 0) is 9.59 Å². The molecule has 154 valence electrons. The Kier molecular flexibility index (Phi) is 6.92. The van der Waals surface area contributed by atoms with Crippen molar-refractivity contribution in [3.05, 3.63) is 30.1 Å². The summed E-state index contributed by atoms with van der Waals surface area (Å²) in [5.41, 5.74) is 0.976. The van der Waals surface area contributed by atoms with Crippen LogP contribution in [-0.4, -0.2) is 48.9 Å². The number of carbonyl (C=O) groups is 2. The van der Waals surface area contributed by atoms with E-state index >= 15 is 0 Å². The van der Waals surface area contributed by atoms with Gasteiger partial charge in [-0.15, -0.1) is 0 Å². The summed E-state index contributed by atoms with van der Waals surface area (Å²) >= 11 is 0. The largest absolute Gasteiger partial charge is 0.368 e. The van der Waals surface area contributed by atoms with Gasteiger partial charge in [-0.2, -0.15) is 0 Å². The predicted octanol–water partition coefficient (Wildman–Crippen LogP) is 3.20. The molecule has 1 saturated carbocycles. The van der Waals surface area contributed by atoms with Gasteiger partial charge in [0.15, 0.2) is 0 Å². The molecule has 1 saturated heterocycles. The first-order valence-electron chi connectivity index (χ1n) is 10.5. The van der Waals surface area contributed by atoms with E-state index in [4.69, 9.17) is 0 Å². The number of anilines is 1. The van der Waals surface area contributed by atoms with Crippen molar-refractivity contribution in [3.63, 3.8) is 0 Å². The molecule has 1 aliphatic carbocycles.